The fourth-order valence-corrected chi connectivity index (χ4v) is 1.71. The number of rotatable bonds is 1. The molecule has 0 spiro atoms. The second-order valence-electron chi connectivity index (χ2n) is 4.06. The van der Waals surface area contributed by atoms with Crippen LogP contribution in [-0.4, -0.2) is 11.6 Å². The molecule has 0 saturated heterocycles. The van der Waals surface area contributed by atoms with Gasteiger partial charge in [-0.15, -0.1) is 0 Å². The molecule has 0 radical (unpaired) electrons. The summed E-state index contributed by atoms with van der Waals surface area (Å²) in [6.45, 7) is 3.42. The number of carbonyl (C=O) groups is 2. The van der Waals surface area contributed by atoms with Gasteiger partial charge in [0.05, 0.1) is 0 Å². The van der Waals surface area contributed by atoms with Crippen LogP contribution in [0.25, 0.3) is 0 Å². The summed E-state index contributed by atoms with van der Waals surface area (Å²) in [5.41, 5.74) is 7.69. The first-order chi connectivity index (χ1) is 8.11. The van der Waals surface area contributed by atoms with Crippen molar-refractivity contribution < 1.29 is 9.59 Å². The first-order valence-corrected chi connectivity index (χ1v) is 5.43. The van der Waals surface area contributed by atoms with E-state index in [2.05, 4.69) is 10.9 Å². The van der Waals surface area contributed by atoms with E-state index in [9.17, 15) is 9.59 Å². The second-order valence-corrected chi connectivity index (χ2v) is 4.06. The average Bonchev–Trinajstić information content (AvgIpc) is 2.45. The largest absolute Gasteiger partial charge is 0.324 e. The highest BCUT2D eigenvalue weighted by molar-refractivity contribution is 6.45. The van der Waals surface area contributed by atoms with E-state index in [1.807, 2.05) is 30.3 Å². The minimum atomic E-state index is -0.629. The lowest BCUT2D eigenvalue weighted by Crippen LogP contribution is -2.37. The van der Waals surface area contributed by atoms with Crippen LogP contribution < -0.4 is 10.9 Å². The molecule has 2 N–H and O–H groups in total. The third kappa shape index (κ3) is 2.12. The Bertz CT molecular complexity index is 491. The van der Waals surface area contributed by atoms with E-state index in [1.54, 1.807) is 13.8 Å². The highest BCUT2D eigenvalue weighted by Gasteiger charge is 2.30. The van der Waals surface area contributed by atoms with Crippen LogP contribution in [0.1, 0.15) is 25.5 Å². The molecule has 2 rings (SSSR count). The molecule has 0 bridgehead atoms. The Balaban J connectivity index is 2.35. The molecule has 1 aromatic rings. The molecule has 1 aliphatic rings. The molecule has 17 heavy (non-hydrogen) atoms. The molecule has 0 fully saturated rings. The van der Waals surface area contributed by atoms with E-state index in [0.717, 1.165) is 5.56 Å². The number of hydrazine groups is 1. The standard InChI is InChI=1S/C13H14N2O2/c1-8-9(2)14-15-11(13(17)12(8)16)10-6-4-3-5-7-10/h3-7,11,14-15H,1-2H3/t11-/m0/s1. The molecule has 88 valence electrons. The fraction of sp³-hybridized carbons (Fsp3) is 0.231. The number of ketones is 2. The van der Waals surface area contributed by atoms with E-state index in [-0.39, 0.29) is 0 Å². The summed E-state index contributed by atoms with van der Waals surface area (Å²) in [7, 11) is 0. The molecule has 1 aromatic carbocycles. The van der Waals surface area contributed by atoms with Crippen LogP contribution >= 0.6 is 0 Å². The number of nitrogens with one attached hydrogen (secondary N) is 2. The number of hydrogen-bond donors (Lipinski definition) is 2. The zero-order valence-corrected chi connectivity index (χ0v) is 9.78. The third-order valence-electron chi connectivity index (χ3n) is 2.93. The summed E-state index contributed by atoms with van der Waals surface area (Å²) in [5.74, 6) is -0.869. The fourth-order valence-electron chi connectivity index (χ4n) is 1.71. The Morgan fingerprint density at radius 1 is 1.06 bits per heavy atom. The predicted octanol–water partition coefficient (Wildman–Crippen LogP) is 1.27. The Labute approximate surface area is 99.7 Å². The molecule has 0 amide bonds. The van der Waals surface area contributed by atoms with Crippen molar-refractivity contribution in [3.8, 4) is 0 Å². The van der Waals surface area contributed by atoms with Crippen LogP contribution in [0.15, 0.2) is 41.6 Å². The summed E-state index contributed by atoms with van der Waals surface area (Å²) in [4.78, 5) is 23.9. The molecule has 0 aliphatic carbocycles. The molecule has 4 nitrogen and oxygen atoms in total. The van der Waals surface area contributed by atoms with Gasteiger partial charge >= 0.3 is 0 Å². The lowest BCUT2D eigenvalue weighted by atomic mass is 9.98. The van der Waals surface area contributed by atoms with Crippen LogP contribution in [0.2, 0.25) is 0 Å². The van der Waals surface area contributed by atoms with Crippen molar-refractivity contribution in [3.05, 3.63) is 47.2 Å². The normalized spacial score (nSPS) is 21.2. The van der Waals surface area contributed by atoms with Gasteiger partial charge in [0.15, 0.2) is 0 Å². The summed E-state index contributed by atoms with van der Waals surface area (Å²) in [6.07, 6.45) is 0. The van der Waals surface area contributed by atoms with Crippen molar-refractivity contribution in [2.45, 2.75) is 19.9 Å². The van der Waals surface area contributed by atoms with Gasteiger partial charge in [-0.2, -0.15) is 0 Å². The summed E-state index contributed by atoms with van der Waals surface area (Å²) in [6, 6.07) is 8.56. The zero-order chi connectivity index (χ0) is 12.4. The predicted molar refractivity (Wildman–Crippen MR) is 63.8 cm³/mol. The second kappa shape index (κ2) is 4.51. The lowest BCUT2D eigenvalue weighted by molar-refractivity contribution is -0.135. The molecular formula is C13H14N2O2. The minimum absolute atomic E-state index is 0.432. The Kier molecular flexibility index (Phi) is 3.06. The van der Waals surface area contributed by atoms with E-state index < -0.39 is 17.6 Å². The number of allylic oxidation sites excluding steroid dienone is 2. The van der Waals surface area contributed by atoms with E-state index in [0.29, 0.717) is 11.3 Å². The molecule has 1 atom stereocenters. The Hall–Kier alpha value is -1.94. The Morgan fingerprint density at radius 3 is 2.35 bits per heavy atom. The maximum Gasteiger partial charge on any atom is 0.228 e. The summed E-state index contributed by atoms with van der Waals surface area (Å²) < 4.78 is 0. The average molecular weight is 230 g/mol. The van der Waals surface area contributed by atoms with Crippen LogP contribution in [0.3, 0.4) is 0 Å². The van der Waals surface area contributed by atoms with E-state index in [4.69, 9.17) is 0 Å². The van der Waals surface area contributed by atoms with Crippen molar-refractivity contribution in [2.75, 3.05) is 0 Å². The van der Waals surface area contributed by atoms with Crippen molar-refractivity contribution in [2.24, 2.45) is 0 Å². The van der Waals surface area contributed by atoms with Gasteiger partial charge in [0.2, 0.25) is 11.6 Å². The van der Waals surface area contributed by atoms with Gasteiger partial charge in [0, 0.05) is 11.3 Å². The molecule has 1 heterocycles. The summed E-state index contributed by atoms with van der Waals surface area (Å²) >= 11 is 0. The van der Waals surface area contributed by atoms with Gasteiger partial charge in [-0.3, -0.25) is 9.59 Å². The van der Waals surface area contributed by atoms with Crippen molar-refractivity contribution in [1.82, 2.24) is 10.9 Å². The quantitative estimate of drug-likeness (QED) is 0.713. The lowest BCUT2D eigenvalue weighted by Gasteiger charge is -2.15. The number of hydrogen-bond acceptors (Lipinski definition) is 4. The third-order valence-corrected chi connectivity index (χ3v) is 2.93. The topological polar surface area (TPSA) is 58.2 Å². The van der Waals surface area contributed by atoms with Crippen molar-refractivity contribution in [3.63, 3.8) is 0 Å². The molecule has 1 aliphatic heterocycles. The maximum absolute atomic E-state index is 12.0. The van der Waals surface area contributed by atoms with Gasteiger partial charge in [-0.05, 0) is 19.4 Å². The van der Waals surface area contributed by atoms with Gasteiger partial charge in [0.1, 0.15) is 6.04 Å². The zero-order valence-electron chi connectivity index (χ0n) is 9.78. The number of Topliss-reactive ketones (excluding diaryl/α,β-unsaturated/α-hetero) is 2. The number of carbonyl (C=O) groups excluding carboxylic acids is 2. The van der Waals surface area contributed by atoms with Gasteiger partial charge in [-0.25, -0.2) is 5.43 Å². The first-order valence-electron chi connectivity index (χ1n) is 5.43. The summed E-state index contributed by atoms with van der Waals surface area (Å²) in [5, 5.41) is 0. The van der Waals surface area contributed by atoms with Gasteiger partial charge < -0.3 is 5.43 Å². The van der Waals surface area contributed by atoms with Gasteiger partial charge in [0.25, 0.3) is 0 Å². The molecule has 4 heteroatoms. The maximum atomic E-state index is 12.0. The van der Waals surface area contributed by atoms with Gasteiger partial charge in [-0.1, -0.05) is 30.3 Å². The molecule has 0 unspecified atom stereocenters. The molecular weight excluding hydrogens is 216 g/mol. The highest BCUT2D eigenvalue weighted by Crippen LogP contribution is 2.18. The SMILES string of the molecule is CC1=C(C)C(=O)C(=O)[C@H](c2ccccc2)NN1. The Morgan fingerprint density at radius 2 is 1.71 bits per heavy atom. The van der Waals surface area contributed by atoms with Crippen LogP contribution in [0.5, 0.6) is 0 Å². The minimum Gasteiger partial charge on any atom is -0.324 e. The smallest absolute Gasteiger partial charge is 0.228 e. The van der Waals surface area contributed by atoms with E-state index in [1.165, 1.54) is 0 Å². The van der Waals surface area contributed by atoms with Crippen LogP contribution in [-0.2, 0) is 9.59 Å². The highest BCUT2D eigenvalue weighted by atomic mass is 16.2. The van der Waals surface area contributed by atoms with Crippen molar-refractivity contribution in [1.29, 1.82) is 0 Å². The van der Waals surface area contributed by atoms with Crippen molar-refractivity contribution >= 4 is 11.6 Å². The van der Waals surface area contributed by atoms with Crippen LogP contribution in [0.4, 0.5) is 0 Å². The molecule has 0 saturated carbocycles. The first kappa shape index (κ1) is 11.5. The number of benzene rings is 1. The van der Waals surface area contributed by atoms with Crippen LogP contribution in [0, 0.1) is 0 Å². The monoisotopic (exact) mass is 230 g/mol. The molecule has 0 aromatic heterocycles. The van der Waals surface area contributed by atoms with E-state index >= 15 is 0 Å².